The molecule has 9 aromatic carbocycles. The predicted molar refractivity (Wildman–Crippen MR) is 332 cm³/mol. The Bertz CT molecular complexity index is 4020. The molecule has 0 atom stereocenters. The van der Waals surface area contributed by atoms with Crippen LogP contribution in [0.1, 0.15) is 130 Å². The molecule has 0 N–H and O–H groups in total. The Kier molecular flexibility index (Phi) is 10.9. The van der Waals surface area contributed by atoms with Gasteiger partial charge in [-0.1, -0.05) is 194 Å². The number of nitrogens with zero attached hydrogens (tertiary/aromatic N) is 2. The van der Waals surface area contributed by atoms with Crippen molar-refractivity contribution in [2.75, 3.05) is 9.80 Å². The lowest BCUT2D eigenvalue weighted by atomic mass is 9.33. The van der Waals surface area contributed by atoms with Gasteiger partial charge >= 0.3 is 0 Å². The molecule has 0 unspecified atom stereocenters. The molecule has 13 rings (SSSR count). The topological polar surface area (TPSA) is 28.9 Å². The third-order valence-corrected chi connectivity index (χ3v) is 17.3. The van der Waals surface area contributed by atoms with Gasteiger partial charge in [0, 0.05) is 44.5 Å². The molecule has 78 heavy (non-hydrogen) atoms. The summed E-state index contributed by atoms with van der Waals surface area (Å²) < 4.78 is 13.7. The van der Waals surface area contributed by atoms with E-state index in [-0.39, 0.29) is 33.8 Å². The van der Waals surface area contributed by atoms with Gasteiger partial charge in [-0.05, 0) is 167 Å². The van der Waals surface area contributed by atoms with E-state index in [2.05, 4.69) is 277 Å². The molecule has 0 saturated carbocycles. The minimum Gasteiger partial charge on any atom is -0.458 e. The Morgan fingerprint density at radius 2 is 1.01 bits per heavy atom. The standard InChI is InChI=1S/C73H71BN2O2/c1-69(2,3)46-24-30-50(31-25-46)75(51-32-26-47(27-33-51)70(4,5)6)60-36-35-59(66-53-20-15-17-21-55(53)73(13,14)67(60)66)76-58-34-28-48(71(7,8)9)42-56(58)74-57-43-49(72(10,11)12)29-38-64(57)78-65-41-45(40-61(76)68(65)74)44-23-37-63-54(39-44)52-19-16-18-22-62(52)77-63/h15-43H,1-14H3. The Labute approximate surface area is 462 Å². The maximum Gasteiger partial charge on any atom is 0.256 e. The highest BCUT2D eigenvalue weighted by atomic mass is 16.5. The number of rotatable bonds is 5. The summed E-state index contributed by atoms with van der Waals surface area (Å²) in [4.78, 5) is 5.12. The van der Waals surface area contributed by atoms with E-state index >= 15 is 0 Å². The van der Waals surface area contributed by atoms with Gasteiger partial charge in [-0.15, -0.1) is 0 Å². The highest BCUT2D eigenvalue weighted by Gasteiger charge is 2.47. The Morgan fingerprint density at radius 3 is 1.67 bits per heavy atom. The van der Waals surface area contributed by atoms with Crippen LogP contribution in [0.25, 0.3) is 44.2 Å². The molecule has 0 saturated heterocycles. The molecule has 2 aliphatic heterocycles. The predicted octanol–water partition coefficient (Wildman–Crippen LogP) is 18.6. The number of benzene rings is 9. The van der Waals surface area contributed by atoms with Crippen LogP contribution >= 0.6 is 0 Å². The summed E-state index contributed by atoms with van der Waals surface area (Å²) in [5.41, 5.74) is 24.4. The number of fused-ring (bicyclic) bond motifs is 10. The van der Waals surface area contributed by atoms with Crippen molar-refractivity contribution in [3.63, 3.8) is 0 Å². The van der Waals surface area contributed by atoms with E-state index in [9.17, 15) is 0 Å². The van der Waals surface area contributed by atoms with Crippen molar-refractivity contribution < 1.29 is 9.15 Å². The summed E-state index contributed by atoms with van der Waals surface area (Å²) in [6.07, 6.45) is 0. The molecular weight excluding hydrogens is 948 g/mol. The van der Waals surface area contributed by atoms with Crippen LogP contribution in [0.15, 0.2) is 180 Å². The monoisotopic (exact) mass is 1020 g/mol. The molecule has 0 radical (unpaired) electrons. The first-order valence-electron chi connectivity index (χ1n) is 28.1. The van der Waals surface area contributed by atoms with Gasteiger partial charge in [-0.2, -0.15) is 0 Å². The van der Waals surface area contributed by atoms with E-state index in [1.807, 2.05) is 6.07 Å². The molecule has 1 aromatic heterocycles. The molecule has 0 fully saturated rings. The fourth-order valence-electron chi connectivity index (χ4n) is 12.9. The molecule has 5 heteroatoms. The first-order chi connectivity index (χ1) is 36.9. The maximum absolute atomic E-state index is 7.33. The number of ether oxygens (including phenoxy) is 1. The Balaban J connectivity index is 1.12. The minimum atomic E-state index is -0.376. The van der Waals surface area contributed by atoms with E-state index < -0.39 is 0 Å². The second-order valence-electron chi connectivity index (χ2n) is 27.1. The van der Waals surface area contributed by atoms with Gasteiger partial charge in [0.25, 0.3) is 6.71 Å². The van der Waals surface area contributed by atoms with Gasteiger partial charge in [-0.3, -0.25) is 0 Å². The zero-order chi connectivity index (χ0) is 54.6. The van der Waals surface area contributed by atoms with Crippen molar-refractivity contribution in [2.24, 2.45) is 0 Å². The zero-order valence-electron chi connectivity index (χ0n) is 48.0. The zero-order valence-corrected chi connectivity index (χ0v) is 48.0. The van der Waals surface area contributed by atoms with Gasteiger partial charge in [0.1, 0.15) is 22.7 Å². The molecule has 4 nitrogen and oxygen atoms in total. The molecule has 1 aliphatic carbocycles. The average molecular weight is 1020 g/mol. The SMILES string of the molecule is CC(C)(C)c1ccc(N(c2ccc(C(C)(C)C)cc2)c2ccc(N3c4ccc(C(C)(C)C)cc4B4c5cc(C(C)(C)C)ccc5Oc5cc(-c6ccc7oc8ccccc8c7c6)cc3c54)c3c2C(C)(C)c2ccccc2-3)cc1. The first-order valence-corrected chi connectivity index (χ1v) is 28.1. The van der Waals surface area contributed by atoms with Gasteiger partial charge in [0.2, 0.25) is 0 Å². The summed E-state index contributed by atoms with van der Waals surface area (Å²) in [5, 5.41) is 2.21. The number of anilines is 6. The normalized spacial score (nSPS) is 14.4. The molecule has 0 bridgehead atoms. The molecular formula is C73H71BN2O2. The van der Waals surface area contributed by atoms with Gasteiger partial charge < -0.3 is 19.0 Å². The quantitative estimate of drug-likeness (QED) is 0.161. The maximum atomic E-state index is 7.33. The smallest absolute Gasteiger partial charge is 0.256 e. The second kappa shape index (κ2) is 17.1. The van der Waals surface area contributed by atoms with Crippen molar-refractivity contribution >= 4 is 79.2 Å². The summed E-state index contributed by atoms with van der Waals surface area (Å²) >= 11 is 0. The molecule has 10 aromatic rings. The number of furan rings is 1. The van der Waals surface area contributed by atoms with Crippen LogP contribution in [0.2, 0.25) is 0 Å². The first kappa shape index (κ1) is 49.8. The van der Waals surface area contributed by atoms with Crippen LogP contribution in [-0.2, 0) is 27.1 Å². The van der Waals surface area contributed by atoms with Crippen LogP contribution in [0.4, 0.5) is 34.1 Å². The molecule has 388 valence electrons. The van der Waals surface area contributed by atoms with Crippen LogP contribution in [0.3, 0.4) is 0 Å². The number of hydrogen-bond donors (Lipinski definition) is 0. The van der Waals surface area contributed by atoms with Crippen molar-refractivity contribution in [1.29, 1.82) is 0 Å². The minimum absolute atomic E-state index is 0.0144. The average Bonchev–Trinajstić information content (AvgIpc) is 4.09. The van der Waals surface area contributed by atoms with Crippen molar-refractivity contribution in [1.82, 2.24) is 0 Å². The Morgan fingerprint density at radius 1 is 0.449 bits per heavy atom. The summed E-state index contributed by atoms with van der Waals surface area (Å²) in [6.45, 7) is 32.5. The molecule has 3 heterocycles. The van der Waals surface area contributed by atoms with Crippen LogP contribution < -0.4 is 30.9 Å². The number of para-hydroxylation sites is 1. The lowest BCUT2D eigenvalue weighted by Gasteiger charge is -2.42. The van der Waals surface area contributed by atoms with E-state index in [1.54, 1.807) is 0 Å². The molecule has 0 amide bonds. The Hall–Kier alpha value is -7.76. The summed E-state index contributed by atoms with van der Waals surface area (Å²) in [6, 6.07) is 66.6. The van der Waals surface area contributed by atoms with Crippen molar-refractivity contribution in [2.45, 2.75) is 124 Å². The largest absolute Gasteiger partial charge is 0.458 e. The van der Waals surface area contributed by atoms with E-state index in [1.165, 1.54) is 72.3 Å². The lowest BCUT2D eigenvalue weighted by Crippen LogP contribution is -2.60. The van der Waals surface area contributed by atoms with Crippen molar-refractivity contribution in [3.05, 3.63) is 209 Å². The van der Waals surface area contributed by atoms with Crippen molar-refractivity contribution in [3.8, 4) is 33.8 Å². The molecule has 3 aliphatic rings. The van der Waals surface area contributed by atoms with Crippen LogP contribution in [0.5, 0.6) is 11.5 Å². The van der Waals surface area contributed by atoms with E-state index in [0.717, 1.165) is 67.3 Å². The second-order valence-corrected chi connectivity index (χ2v) is 27.1. The van der Waals surface area contributed by atoms with E-state index in [4.69, 9.17) is 9.15 Å². The highest BCUT2D eigenvalue weighted by molar-refractivity contribution is 6.99. The number of hydrogen-bond acceptors (Lipinski definition) is 4. The summed E-state index contributed by atoms with van der Waals surface area (Å²) in [7, 11) is 0. The van der Waals surface area contributed by atoms with Gasteiger partial charge in [-0.25, -0.2) is 0 Å². The van der Waals surface area contributed by atoms with Crippen LogP contribution in [0, 0.1) is 0 Å². The third kappa shape index (κ3) is 7.85. The highest BCUT2D eigenvalue weighted by Crippen LogP contribution is 2.59. The summed E-state index contributed by atoms with van der Waals surface area (Å²) in [5.74, 6) is 1.79. The van der Waals surface area contributed by atoms with Gasteiger partial charge in [0.05, 0.1) is 11.4 Å². The fraction of sp³-hybridized carbons (Fsp3) is 0.260. The molecule has 0 spiro atoms. The van der Waals surface area contributed by atoms with Crippen LogP contribution in [-0.4, -0.2) is 6.71 Å². The fourth-order valence-corrected chi connectivity index (χ4v) is 12.9. The van der Waals surface area contributed by atoms with Gasteiger partial charge in [0.15, 0.2) is 0 Å². The third-order valence-electron chi connectivity index (χ3n) is 17.3. The lowest BCUT2D eigenvalue weighted by molar-refractivity contribution is 0.486. The van der Waals surface area contributed by atoms with E-state index in [0.29, 0.717) is 0 Å².